The monoisotopic (exact) mass is 573 g/mol. The van der Waals surface area contributed by atoms with Crippen LogP contribution in [0.4, 0.5) is 4.79 Å². The Balaban J connectivity index is 1.55. The van der Waals surface area contributed by atoms with E-state index in [2.05, 4.69) is 64.1 Å². The molecule has 0 saturated carbocycles. The molecule has 0 amide bonds. The summed E-state index contributed by atoms with van der Waals surface area (Å²) >= 11 is -0.238. The number of benzene rings is 3. The summed E-state index contributed by atoms with van der Waals surface area (Å²) < 4.78 is 19.2. The van der Waals surface area contributed by atoms with Gasteiger partial charge in [-0.2, -0.15) is 0 Å². The van der Waals surface area contributed by atoms with Gasteiger partial charge in [-0.15, -0.1) is 0 Å². The number of rotatable bonds is 6. The molecule has 3 rings (SSSR count). The van der Waals surface area contributed by atoms with E-state index in [1.165, 1.54) is 18.3 Å². The highest BCUT2D eigenvalue weighted by atomic mass is 127. The summed E-state index contributed by atoms with van der Waals surface area (Å²) in [5.74, 6) is 1.29. The number of halogens is 1. The predicted molar refractivity (Wildman–Crippen MR) is 131 cm³/mol. The van der Waals surface area contributed by atoms with Crippen LogP contribution in [0.1, 0.15) is 58.2 Å². The number of aryl methyl sites for hydroxylation is 1. The number of carbonyl (C=O) groups excluding carboxylic acids is 1. The molecule has 0 fully saturated rings. The zero-order chi connectivity index (χ0) is 24.9. The third-order valence-corrected chi connectivity index (χ3v) is 8.10. The summed E-state index contributed by atoms with van der Waals surface area (Å²) in [6.45, 7) is 14.7. The Hall–Kier alpha value is -2.54. The smallest absolute Gasteiger partial charge is 0.489 e. The van der Waals surface area contributed by atoms with Crippen LogP contribution in [0.5, 0.6) is 11.5 Å². The van der Waals surface area contributed by atoms with Crippen LogP contribution in [0.3, 0.4) is 0 Å². The first kappa shape index (κ1) is 26.1. The molecule has 5 heteroatoms. The molecule has 0 saturated heterocycles. The van der Waals surface area contributed by atoms with Gasteiger partial charge in [0.25, 0.3) is 0 Å². The Labute approximate surface area is 213 Å². The molecule has 0 radical (unpaired) electrons. The lowest BCUT2D eigenvalue weighted by Gasteiger charge is -2.18. The highest BCUT2D eigenvalue weighted by Gasteiger charge is 2.21. The van der Waals surface area contributed by atoms with Crippen molar-refractivity contribution in [2.45, 2.75) is 66.1 Å². The third kappa shape index (κ3) is 8.05. The summed E-state index contributed by atoms with van der Waals surface area (Å²) in [4.78, 5) is 11.8. The van der Waals surface area contributed by atoms with E-state index in [1.54, 1.807) is 32.9 Å². The van der Waals surface area contributed by atoms with Crippen LogP contribution < -0.4 is 30.7 Å². The standard InChI is InChI=1S/C29H34IO4/c1-20-18-25(16-17-26(20)30-23-12-10-22(11-13-23)28(2,3)4)32-19-21-8-14-24(15-9-21)33-27(31)34-29(5,6)7/h8-18H,19H2,1-7H3/q+1. The van der Waals surface area contributed by atoms with Gasteiger partial charge in [0.15, 0.2) is 7.14 Å². The van der Waals surface area contributed by atoms with E-state index in [-0.39, 0.29) is 26.6 Å². The number of hydrogen-bond donors (Lipinski definition) is 0. The molecule has 0 atom stereocenters. The lowest BCUT2D eigenvalue weighted by atomic mass is 9.87. The largest absolute Gasteiger partial charge is 0.514 e. The van der Waals surface area contributed by atoms with Crippen LogP contribution in [-0.4, -0.2) is 11.8 Å². The van der Waals surface area contributed by atoms with Crippen molar-refractivity contribution in [3.63, 3.8) is 0 Å². The first-order chi connectivity index (χ1) is 15.9. The minimum absolute atomic E-state index is 0.178. The minimum atomic E-state index is -0.708. The van der Waals surface area contributed by atoms with E-state index in [1.807, 2.05) is 18.2 Å². The minimum Gasteiger partial charge on any atom is -0.489 e. The van der Waals surface area contributed by atoms with Gasteiger partial charge in [-0.05, 0) is 86.7 Å². The van der Waals surface area contributed by atoms with Gasteiger partial charge >= 0.3 is 27.4 Å². The molecule has 0 N–H and O–H groups in total. The third-order valence-electron chi connectivity index (χ3n) is 4.97. The van der Waals surface area contributed by atoms with Crippen molar-refractivity contribution in [3.05, 3.63) is 90.6 Å². The summed E-state index contributed by atoms with van der Waals surface area (Å²) in [6, 6.07) is 22.6. The van der Waals surface area contributed by atoms with Crippen molar-refractivity contribution in [1.82, 2.24) is 0 Å². The molecule has 0 bridgehead atoms. The number of carbonyl (C=O) groups is 1. The van der Waals surface area contributed by atoms with Crippen molar-refractivity contribution < 1.29 is 40.2 Å². The highest BCUT2D eigenvalue weighted by Crippen LogP contribution is 2.21. The summed E-state index contributed by atoms with van der Waals surface area (Å²) in [7, 11) is 0. The predicted octanol–water partition coefficient (Wildman–Crippen LogP) is 4.31. The van der Waals surface area contributed by atoms with Crippen molar-refractivity contribution in [2.75, 3.05) is 0 Å². The maximum Gasteiger partial charge on any atom is 0.514 e. The zero-order valence-corrected chi connectivity index (χ0v) is 23.2. The lowest BCUT2D eigenvalue weighted by Crippen LogP contribution is -3.61. The van der Waals surface area contributed by atoms with E-state index in [9.17, 15) is 4.79 Å². The fourth-order valence-corrected chi connectivity index (χ4v) is 5.46. The van der Waals surface area contributed by atoms with Crippen LogP contribution in [0.2, 0.25) is 0 Å². The quantitative estimate of drug-likeness (QED) is 0.251. The molecule has 0 spiro atoms. The van der Waals surface area contributed by atoms with Gasteiger partial charge in [0.05, 0.1) is 0 Å². The average Bonchev–Trinajstić information content (AvgIpc) is 2.73. The summed E-state index contributed by atoms with van der Waals surface area (Å²) in [5, 5.41) is 0. The van der Waals surface area contributed by atoms with Gasteiger partial charge in [-0.3, -0.25) is 0 Å². The highest BCUT2D eigenvalue weighted by molar-refractivity contribution is 5.64. The maximum absolute atomic E-state index is 11.8. The first-order valence-corrected chi connectivity index (χ1v) is 13.5. The molecular weight excluding hydrogens is 539 g/mol. The molecule has 0 heterocycles. The molecule has 180 valence electrons. The van der Waals surface area contributed by atoms with Crippen LogP contribution >= 0.6 is 0 Å². The van der Waals surface area contributed by atoms with Gasteiger partial charge in [-0.25, -0.2) is 4.79 Å². The van der Waals surface area contributed by atoms with E-state index < -0.39 is 11.8 Å². The Kier molecular flexibility index (Phi) is 8.29. The van der Waals surface area contributed by atoms with E-state index >= 15 is 0 Å². The van der Waals surface area contributed by atoms with Crippen molar-refractivity contribution in [3.8, 4) is 11.5 Å². The number of hydrogen-bond acceptors (Lipinski definition) is 4. The van der Waals surface area contributed by atoms with Gasteiger partial charge in [0.1, 0.15) is 23.7 Å². The van der Waals surface area contributed by atoms with Crippen LogP contribution in [0, 0.1) is 14.1 Å². The first-order valence-electron chi connectivity index (χ1n) is 11.4. The fourth-order valence-electron chi connectivity index (χ4n) is 3.13. The normalized spacial score (nSPS) is 11.7. The number of ether oxygens (including phenoxy) is 3. The molecule has 4 nitrogen and oxygen atoms in total. The summed E-state index contributed by atoms with van der Waals surface area (Å²) in [6.07, 6.45) is -0.708. The van der Waals surface area contributed by atoms with E-state index in [0.29, 0.717) is 12.4 Å². The molecule has 3 aromatic carbocycles. The Morgan fingerprint density at radius 2 is 1.44 bits per heavy atom. The lowest BCUT2D eigenvalue weighted by molar-refractivity contribution is -0.598. The van der Waals surface area contributed by atoms with E-state index in [0.717, 1.165) is 11.3 Å². The molecule has 0 aliphatic rings. The second-order valence-electron chi connectivity index (χ2n) is 10.3. The fraction of sp³-hybridized carbons (Fsp3) is 0.345. The van der Waals surface area contributed by atoms with Crippen molar-refractivity contribution in [2.24, 2.45) is 0 Å². The summed E-state index contributed by atoms with van der Waals surface area (Å²) in [5.41, 5.74) is 3.20. The van der Waals surface area contributed by atoms with Crippen LogP contribution in [-0.2, 0) is 16.8 Å². The molecular formula is C29H34IO4+. The topological polar surface area (TPSA) is 44.8 Å². The molecule has 0 aromatic heterocycles. The Morgan fingerprint density at radius 3 is 2.00 bits per heavy atom. The Bertz CT molecular complexity index is 1100. The van der Waals surface area contributed by atoms with Crippen molar-refractivity contribution in [1.29, 1.82) is 0 Å². The zero-order valence-electron chi connectivity index (χ0n) is 21.1. The van der Waals surface area contributed by atoms with Gasteiger partial charge in [0, 0.05) is 5.56 Å². The Morgan fingerprint density at radius 1 is 0.824 bits per heavy atom. The molecule has 0 aliphatic heterocycles. The van der Waals surface area contributed by atoms with Gasteiger partial charge in [-0.1, -0.05) is 45.0 Å². The second-order valence-corrected chi connectivity index (χ2v) is 13.2. The van der Waals surface area contributed by atoms with Crippen LogP contribution in [0.25, 0.3) is 0 Å². The van der Waals surface area contributed by atoms with Crippen molar-refractivity contribution >= 4 is 6.16 Å². The molecule has 0 unspecified atom stereocenters. The van der Waals surface area contributed by atoms with Gasteiger partial charge < -0.3 is 14.2 Å². The maximum atomic E-state index is 11.8. The molecule has 34 heavy (non-hydrogen) atoms. The van der Waals surface area contributed by atoms with Gasteiger partial charge in [0.2, 0.25) is 0 Å². The van der Waals surface area contributed by atoms with E-state index in [4.69, 9.17) is 14.2 Å². The molecule has 0 aliphatic carbocycles. The average molecular weight is 573 g/mol. The SMILES string of the molecule is Cc1cc(OCc2ccc(OC(=O)OC(C)(C)C)cc2)ccc1[I+]c1ccc(C(C)(C)C)cc1. The molecule has 3 aromatic rings. The van der Waals surface area contributed by atoms with Crippen LogP contribution in [0.15, 0.2) is 66.7 Å². The second kappa shape index (κ2) is 10.8.